The van der Waals surface area contributed by atoms with Gasteiger partial charge < -0.3 is 19.9 Å². The summed E-state index contributed by atoms with van der Waals surface area (Å²) in [4.78, 5) is 5.31. The first kappa shape index (κ1) is 19.4. The van der Waals surface area contributed by atoms with E-state index in [9.17, 15) is 18.3 Å². The highest BCUT2D eigenvalue weighted by Gasteiger charge is 2.36. The zero-order chi connectivity index (χ0) is 19.6. The van der Waals surface area contributed by atoms with Crippen LogP contribution in [0.15, 0.2) is 30.5 Å². The number of hydrogen-bond donors (Lipinski definition) is 3. The monoisotopic (exact) mass is 383 g/mol. The Morgan fingerprint density at radius 1 is 1.00 bits per heavy atom. The molecular weight excluding hydrogens is 363 g/mol. The number of phenolic OH excluding ortho intramolecular Hbond substituents is 1. The van der Waals surface area contributed by atoms with E-state index in [4.69, 9.17) is 10.2 Å². The van der Waals surface area contributed by atoms with Crippen molar-refractivity contribution in [3.8, 4) is 5.75 Å². The van der Waals surface area contributed by atoms with Crippen LogP contribution in [0.1, 0.15) is 5.69 Å². The molecule has 0 saturated carbocycles. The van der Waals surface area contributed by atoms with Crippen LogP contribution in [-0.2, 0) is 12.7 Å². The van der Waals surface area contributed by atoms with Crippen LogP contribution in [-0.4, -0.2) is 62.6 Å². The second-order valence-electron chi connectivity index (χ2n) is 6.20. The Morgan fingerprint density at radius 2 is 1.70 bits per heavy atom. The van der Waals surface area contributed by atoms with Crippen molar-refractivity contribution in [3.63, 3.8) is 0 Å². The van der Waals surface area contributed by atoms with Gasteiger partial charge in [-0.2, -0.15) is 13.2 Å². The molecule has 6 nitrogen and oxygen atoms in total. The second-order valence-corrected chi connectivity index (χ2v) is 6.20. The number of fused-ring (bicyclic) bond motifs is 3. The average Bonchev–Trinajstić information content (AvgIpc) is 2.92. The fraction of sp³-hybridized carbons (Fsp3) is 0.389. The minimum absolute atomic E-state index is 0.0430. The summed E-state index contributed by atoms with van der Waals surface area (Å²) in [6, 6.07) is 5.98. The van der Waals surface area contributed by atoms with Gasteiger partial charge in [0.1, 0.15) is 5.75 Å². The summed E-state index contributed by atoms with van der Waals surface area (Å²) in [6.07, 6.45) is -3.49. The number of phenols is 1. The lowest BCUT2D eigenvalue weighted by atomic mass is 10.1. The van der Waals surface area contributed by atoms with Gasteiger partial charge in [-0.3, -0.25) is 4.90 Å². The van der Waals surface area contributed by atoms with Crippen molar-refractivity contribution in [3.05, 3.63) is 36.2 Å². The van der Waals surface area contributed by atoms with Crippen molar-refractivity contribution in [2.45, 2.75) is 12.7 Å². The maximum absolute atomic E-state index is 13.5. The van der Waals surface area contributed by atoms with E-state index in [2.05, 4.69) is 4.98 Å². The smallest absolute Gasteiger partial charge is 0.435 e. The Balaban J connectivity index is 2.16. The third-order valence-electron chi connectivity index (χ3n) is 4.50. The van der Waals surface area contributed by atoms with E-state index < -0.39 is 11.9 Å². The molecule has 3 rings (SSSR count). The predicted octanol–water partition coefficient (Wildman–Crippen LogP) is 2.20. The number of aliphatic hydroxyl groups is 2. The number of alkyl halides is 3. The molecule has 0 spiro atoms. The molecular formula is C18H20F3N3O3. The SMILES string of the molecule is OCCN(CCO)CCn1c2cc(O)ccc2c2ccnc(C(F)(F)F)c21. The van der Waals surface area contributed by atoms with Crippen molar-refractivity contribution >= 4 is 21.8 Å². The maximum atomic E-state index is 13.5. The van der Waals surface area contributed by atoms with E-state index in [0.29, 0.717) is 35.9 Å². The van der Waals surface area contributed by atoms with Crippen LogP contribution >= 0.6 is 0 Å². The molecule has 0 aliphatic rings. The van der Waals surface area contributed by atoms with Crippen molar-refractivity contribution in [2.24, 2.45) is 0 Å². The Labute approximate surface area is 153 Å². The molecule has 0 aliphatic heterocycles. The molecule has 0 aliphatic carbocycles. The fourth-order valence-electron chi connectivity index (χ4n) is 3.34. The van der Waals surface area contributed by atoms with Gasteiger partial charge in [0.2, 0.25) is 0 Å². The van der Waals surface area contributed by atoms with Crippen LogP contribution in [0.25, 0.3) is 21.8 Å². The fourth-order valence-corrected chi connectivity index (χ4v) is 3.34. The van der Waals surface area contributed by atoms with E-state index in [1.165, 1.54) is 22.8 Å². The molecule has 9 heteroatoms. The van der Waals surface area contributed by atoms with Crippen molar-refractivity contribution in [1.29, 1.82) is 0 Å². The van der Waals surface area contributed by atoms with E-state index in [1.807, 2.05) is 0 Å². The first-order valence-corrected chi connectivity index (χ1v) is 8.48. The highest BCUT2D eigenvalue weighted by atomic mass is 19.4. The molecule has 0 bridgehead atoms. The number of aromatic hydroxyl groups is 1. The number of hydrogen-bond acceptors (Lipinski definition) is 5. The average molecular weight is 383 g/mol. The molecule has 0 unspecified atom stereocenters. The summed E-state index contributed by atoms with van der Waals surface area (Å²) in [7, 11) is 0. The van der Waals surface area contributed by atoms with Gasteiger partial charge in [0.15, 0.2) is 5.69 Å². The molecule has 0 radical (unpaired) electrons. The molecule has 2 heterocycles. The molecule has 0 fully saturated rings. The Morgan fingerprint density at radius 3 is 2.33 bits per heavy atom. The van der Waals surface area contributed by atoms with Gasteiger partial charge in [-0.05, 0) is 18.2 Å². The van der Waals surface area contributed by atoms with Crippen LogP contribution in [0, 0.1) is 0 Å². The largest absolute Gasteiger partial charge is 0.508 e. The van der Waals surface area contributed by atoms with Crippen LogP contribution in [0.4, 0.5) is 13.2 Å². The Hall–Kier alpha value is -2.36. The lowest BCUT2D eigenvalue weighted by Gasteiger charge is -2.21. The van der Waals surface area contributed by atoms with E-state index in [-0.39, 0.29) is 31.0 Å². The van der Waals surface area contributed by atoms with Crippen molar-refractivity contribution in [1.82, 2.24) is 14.5 Å². The number of halogens is 3. The molecule has 0 atom stereocenters. The molecule has 3 N–H and O–H groups in total. The highest BCUT2D eigenvalue weighted by molar-refractivity contribution is 6.09. The minimum Gasteiger partial charge on any atom is -0.508 e. The highest BCUT2D eigenvalue weighted by Crippen LogP contribution is 2.38. The standard InChI is InChI=1S/C18H20F3N3O3/c19-18(20,21)17-16-14(3-4-22-17)13-2-1-12(27)11-15(13)24(16)6-5-23(7-9-25)8-10-26/h1-4,11,25-27H,5-10H2. The summed E-state index contributed by atoms with van der Waals surface area (Å²) in [5, 5.41) is 29.1. The second kappa shape index (κ2) is 7.71. The summed E-state index contributed by atoms with van der Waals surface area (Å²) in [5.74, 6) is -0.0457. The molecule has 3 aromatic rings. The van der Waals surface area contributed by atoms with E-state index in [0.717, 1.165) is 6.20 Å². The number of aromatic nitrogens is 2. The normalized spacial score (nSPS) is 12.5. The zero-order valence-electron chi connectivity index (χ0n) is 14.4. The van der Waals surface area contributed by atoms with Crippen LogP contribution < -0.4 is 0 Å². The first-order valence-electron chi connectivity index (χ1n) is 8.48. The molecule has 27 heavy (non-hydrogen) atoms. The van der Waals surface area contributed by atoms with Crippen LogP contribution in [0.3, 0.4) is 0 Å². The lowest BCUT2D eigenvalue weighted by molar-refractivity contribution is -0.140. The minimum atomic E-state index is -4.62. The quantitative estimate of drug-likeness (QED) is 0.583. The van der Waals surface area contributed by atoms with Gasteiger partial charge >= 0.3 is 6.18 Å². The molecule has 2 aromatic heterocycles. The van der Waals surface area contributed by atoms with Gasteiger partial charge in [-0.1, -0.05) is 0 Å². The molecule has 146 valence electrons. The third-order valence-corrected chi connectivity index (χ3v) is 4.50. The maximum Gasteiger partial charge on any atom is 0.435 e. The summed E-state index contributed by atoms with van der Waals surface area (Å²) >= 11 is 0. The van der Waals surface area contributed by atoms with E-state index in [1.54, 1.807) is 11.0 Å². The number of nitrogens with zero attached hydrogens (tertiary/aromatic N) is 3. The van der Waals surface area contributed by atoms with Gasteiger partial charge in [0, 0.05) is 49.2 Å². The van der Waals surface area contributed by atoms with E-state index >= 15 is 0 Å². The molecule has 1 aromatic carbocycles. The first-order chi connectivity index (χ1) is 12.9. The van der Waals surface area contributed by atoms with Gasteiger partial charge in [-0.15, -0.1) is 0 Å². The molecule has 0 saturated heterocycles. The Kier molecular flexibility index (Phi) is 5.54. The lowest BCUT2D eigenvalue weighted by Crippen LogP contribution is -2.33. The van der Waals surface area contributed by atoms with Crippen molar-refractivity contribution < 1.29 is 28.5 Å². The Bertz CT molecular complexity index is 934. The summed E-state index contributed by atoms with van der Waals surface area (Å²) in [6.45, 7) is 0.855. The number of rotatable bonds is 7. The number of benzene rings is 1. The van der Waals surface area contributed by atoms with Gasteiger partial charge in [0.25, 0.3) is 0 Å². The van der Waals surface area contributed by atoms with Crippen LogP contribution in [0.2, 0.25) is 0 Å². The summed E-state index contributed by atoms with van der Waals surface area (Å²) < 4.78 is 42.1. The number of pyridine rings is 1. The number of aliphatic hydroxyl groups excluding tert-OH is 2. The topological polar surface area (TPSA) is 81.8 Å². The molecule has 0 amide bonds. The zero-order valence-corrected chi connectivity index (χ0v) is 14.4. The van der Waals surface area contributed by atoms with Gasteiger partial charge in [-0.25, -0.2) is 4.98 Å². The third kappa shape index (κ3) is 3.85. The predicted molar refractivity (Wildman–Crippen MR) is 94.5 cm³/mol. The van der Waals surface area contributed by atoms with Crippen LogP contribution in [0.5, 0.6) is 5.75 Å². The van der Waals surface area contributed by atoms with Gasteiger partial charge in [0.05, 0.1) is 24.2 Å². The van der Waals surface area contributed by atoms with Crippen molar-refractivity contribution in [2.75, 3.05) is 32.8 Å². The summed E-state index contributed by atoms with van der Waals surface area (Å²) in [5.41, 5.74) is -0.554.